The van der Waals surface area contributed by atoms with Crippen LogP contribution in [0.1, 0.15) is 22.6 Å². The summed E-state index contributed by atoms with van der Waals surface area (Å²) < 4.78 is 5.24. The Kier molecular flexibility index (Phi) is 2.90. The Morgan fingerprint density at radius 3 is 2.69 bits per heavy atom. The number of hydrogen-bond donors (Lipinski definition) is 1. The van der Waals surface area contributed by atoms with Gasteiger partial charge in [-0.2, -0.15) is 0 Å². The molecule has 0 amide bonds. The molecule has 0 bridgehead atoms. The van der Waals surface area contributed by atoms with Gasteiger partial charge in [-0.15, -0.1) is 5.10 Å². The molecule has 0 aliphatic heterocycles. The largest absolute Gasteiger partial charge is 0.408 e. The van der Waals surface area contributed by atoms with Crippen molar-refractivity contribution in [3.8, 4) is 0 Å². The zero-order valence-corrected chi connectivity index (χ0v) is 9.74. The number of hydrogen-bond acceptors (Lipinski definition) is 4. The molecule has 0 saturated heterocycles. The van der Waals surface area contributed by atoms with Crippen LogP contribution < -0.4 is 5.32 Å². The lowest BCUT2D eigenvalue weighted by atomic mass is 10.0. The topological polar surface area (TPSA) is 51.0 Å². The van der Waals surface area contributed by atoms with E-state index < -0.39 is 0 Å². The number of rotatable bonds is 3. The highest BCUT2D eigenvalue weighted by atomic mass is 16.4. The van der Waals surface area contributed by atoms with E-state index in [-0.39, 0.29) is 0 Å². The summed E-state index contributed by atoms with van der Waals surface area (Å²) in [6.45, 7) is 6.70. The average molecular weight is 217 g/mol. The first kappa shape index (κ1) is 10.7. The van der Waals surface area contributed by atoms with Crippen molar-refractivity contribution in [2.24, 2.45) is 0 Å². The van der Waals surface area contributed by atoms with E-state index in [4.69, 9.17) is 4.42 Å². The van der Waals surface area contributed by atoms with E-state index in [2.05, 4.69) is 47.6 Å². The minimum absolute atomic E-state index is 0.471. The number of anilines is 1. The van der Waals surface area contributed by atoms with Gasteiger partial charge in [-0.3, -0.25) is 0 Å². The van der Waals surface area contributed by atoms with Crippen LogP contribution in [0.15, 0.2) is 22.6 Å². The molecule has 1 heterocycles. The van der Waals surface area contributed by atoms with Gasteiger partial charge >= 0.3 is 6.01 Å². The Labute approximate surface area is 94.7 Å². The van der Waals surface area contributed by atoms with Crippen molar-refractivity contribution in [1.29, 1.82) is 0 Å². The minimum Gasteiger partial charge on any atom is -0.408 e. The summed E-state index contributed by atoms with van der Waals surface area (Å²) >= 11 is 0. The van der Waals surface area contributed by atoms with Crippen molar-refractivity contribution >= 4 is 6.01 Å². The Hall–Kier alpha value is -1.84. The second-order valence-electron chi connectivity index (χ2n) is 3.84. The lowest BCUT2D eigenvalue weighted by molar-refractivity contribution is 0.530. The predicted octanol–water partition coefficient (Wildman–Crippen LogP) is 2.61. The Balaban J connectivity index is 2.07. The van der Waals surface area contributed by atoms with Gasteiger partial charge in [-0.05, 0) is 30.5 Å². The minimum atomic E-state index is 0.471. The monoisotopic (exact) mass is 217 g/mol. The Morgan fingerprint density at radius 2 is 2.00 bits per heavy atom. The van der Waals surface area contributed by atoms with Crippen LogP contribution in [-0.4, -0.2) is 10.2 Å². The fourth-order valence-corrected chi connectivity index (χ4v) is 1.54. The van der Waals surface area contributed by atoms with Gasteiger partial charge in [0.15, 0.2) is 0 Å². The molecule has 4 nitrogen and oxygen atoms in total. The number of nitrogens with zero attached hydrogens (tertiary/aromatic N) is 2. The van der Waals surface area contributed by atoms with E-state index in [1.807, 2.05) is 0 Å². The van der Waals surface area contributed by atoms with E-state index in [9.17, 15) is 0 Å². The van der Waals surface area contributed by atoms with Gasteiger partial charge in [0.1, 0.15) is 0 Å². The van der Waals surface area contributed by atoms with Crippen LogP contribution in [-0.2, 0) is 6.54 Å². The second kappa shape index (κ2) is 4.35. The Morgan fingerprint density at radius 1 is 1.19 bits per heavy atom. The molecule has 0 unspecified atom stereocenters. The van der Waals surface area contributed by atoms with Crippen molar-refractivity contribution < 1.29 is 4.42 Å². The molecule has 1 aromatic carbocycles. The van der Waals surface area contributed by atoms with Crippen LogP contribution in [0.3, 0.4) is 0 Å². The first-order valence-corrected chi connectivity index (χ1v) is 5.26. The van der Waals surface area contributed by atoms with Crippen molar-refractivity contribution in [2.45, 2.75) is 27.3 Å². The fourth-order valence-electron chi connectivity index (χ4n) is 1.54. The number of aromatic nitrogens is 2. The molecule has 0 spiro atoms. The molecule has 84 valence electrons. The highest BCUT2D eigenvalue weighted by molar-refractivity contribution is 5.35. The summed E-state index contributed by atoms with van der Waals surface area (Å²) in [4.78, 5) is 0. The summed E-state index contributed by atoms with van der Waals surface area (Å²) in [5.74, 6) is 0.573. The molecule has 1 aromatic heterocycles. The van der Waals surface area contributed by atoms with Gasteiger partial charge in [0.2, 0.25) is 5.89 Å². The van der Waals surface area contributed by atoms with Crippen LogP contribution in [0.4, 0.5) is 6.01 Å². The molecule has 0 saturated carbocycles. The summed E-state index contributed by atoms with van der Waals surface area (Å²) in [5.41, 5.74) is 3.84. The van der Waals surface area contributed by atoms with Crippen molar-refractivity contribution in [2.75, 3.05) is 5.32 Å². The van der Waals surface area contributed by atoms with Crippen molar-refractivity contribution in [1.82, 2.24) is 10.2 Å². The molecule has 2 rings (SSSR count). The third kappa shape index (κ3) is 2.21. The summed E-state index contributed by atoms with van der Waals surface area (Å²) in [6.07, 6.45) is 0. The Bertz CT molecular complexity index is 491. The van der Waals surface area contributed by atoms with Crippen LogP contribution in [0.5, 0.6) is 0 Å². The predicted molar refractivity (Wildman–Crippen MR) is 62.3 cm³/mol. The van der Waals surface area contributed by atoms with Gasteiger partial charge in [-0.1, -0.05) is 23.3 Å². The quantitative estimate of drug-likeness (QED) is 0.858. The van der Waals surface area contributed by atoms with Crippen molar-refractivity contribution in [3.63, 3.8) is 0 Å². The summed E-state index contributed by atoms with van der Waals surface area (Å²) in [7, 11) is 0. The maximum Gasteiger partial charge on any atom is 0.315 e. The first-order chi connectivity index (χ1) is 7.66. The summed E-state index contributed by atoms with van der Waals surface area (Å²) in [6, 6.07) is 6.73. The normalized spacial score (nSPS) is 10.4. The molecular formula is C12H15N3O. The average Bonchev–Trinajstić information content (AvgIpc) is 2.67. The molecule has 0 aliphatic rings. The maximum atomic E-state index is 5.24. The number of aryl methyl sites for hydroxylation is 2. The highest BCUT2D eigenvalue weighted by Crippen LogP contribution is 2.14. The van der Waals surface area contributed by atoms with Gasteiger partial charge < -0.3 is 9.73 Å². The molecular weight excluding hydrogens is 202 g/mol. The van der Waals surface area contributed by atoms with Gasteiger partial charge in [-0.25, -0.2) is 0 Å². The molecule has 16 heavy (non-hydrogen) atoms. The lowest BCUT2D eigenvalue weighted by Gasteiger charge is -2.08. The third-order valence-electron chi connectivity index (χ3n) is 2.67. The third-order valence-corrected chi connectivity index (χ3v) is 2.67. The molecule has 0 atom stereocenters. The van der Waals surface area contributed by atoms with E-state index in [1.165, 1.54) is 16.7 Å². The maximum absolute atomic E-state index is 5.24. The van der Waals surface area contributed by atoms with E-state index in [0.717, 1.165) is 0 Å². The smallest absolute Gasteiger partial charge is 0.315 e. The molecule has 0 radical (unpaired) electrons. The van der Waals surface area contributed by atoms with Gasteiger partial charge in [0.05, 0.1) is 0 Å². The SMILES string of the molecule is Cc1nnc(NCc2cccc(C)c2C)o1. The molecule has 1 N–H and O–H groups in total. The zero-order valence-electron chi connectivity index (χ0n) is 9.74. The van der Waals surface area contributed by atoms with Gasteiger partial charge in [0, 0.05) is 13.5 Å². The standard InChI is InChI=1S/C12H15N3O/c1-8-5-4-6-11(9(8)2)7-13-12-15-14-10(3)16-12/h4-6H,7H2,1-3H3,(H,13,15). The van der Waals surface area contributed by atoms with Gasteiger partial charge in [0.25, 0.3) is 0 Å². The first-order valence-electron chi connectivity index (χ1n) is 5.26. The zero-order chi connectivity index (χ0) is 11.5. The van der Waals surface area contributed by atoms with E-state index in [0.29, 0.717) is 18.5 Å². The molecule has 0 aliphatic carbocycles. The second-order valence-corrected chi connectivity index (χ2v) is 3.84. The van der Waals surface area contributed by atoms with Crippen LogP contribution in [0.2, 0.25) is 0 Å². The van der Waals surface area contributed by atoms with Crippen LogP contribution in [0.25, 0.3) is 0 Å². The van der Waals surface area contributed by atoms with E-state index >= 15 is 0 Å². The fraction of sp³-hybridized carbons (Fsp3) is 0.333. The van der Waals surface area contributed by atoms with Crippen molar-refractivity contribution in [3.05, 3.63) is 40.8 Å². The van der Waals surface area contributed by atoms with Crippen LogP contribution in [0, 0.1) is 20.8 Å². The number of nitrogens with one attached hydrogen (secondary N) is 1. The lowest BCUT2D eigenvalue weighted by Crippen LogP contribution is -2.02. The number of benzene rings is 1. The molecule has 4 heteroatoms. The van der Waals surface area contributed by atoms with Crippen LogP contribution >= 0.6 is 0 Å². The summed E-state index contributed by atoms with van der Waals surface area (Å²) in [5, 5.41) is 10.8. The molecule has 0 fully saturated rings. The highest BCUT2D eigenvalue weighted by Gasteiger charge is 2.03. The molecule has 2 aromatic rings. The van der Waals surface area contributed by atoms with E-state index in [1.54, 1.807) is 6.92 Å².